The van der Waals surface area contributed by atoms with E-state index in [1.54, 1.807) is 6.92 Å². The molecule has 0 fully saturated rings. The average Bonchev–Trinajstić information content (AvgIpc) is 2.31. The van der Waals surface area contributed by atoms with Gasteiger partial charge < -0.3 is 4.74 Å². The molecule has 1 nitrogen and oxygen atoms in total. The topological polar surface area (TPSA) is 9.23 Å². The van der Waals surface area contributed by atoms with Crippen LogP contribution in [0.15, 0.2) is 36.4 Å². The van der Waals surface area contributed by atoms with Crippen molar-refractivity contribution in [3.63, 3.8) is 0 Å². The van der Waals surface area contributed by atoms with Crippen LogP contribution in [0.3, 0.4) is 0 Å². The zero-order chi connectivity index (χ0) is 13.1. The van der Waals surface area contributed by atoms with E-state index in [-0.39, 0.29) is 18.0 Å². The maximum Gasteiger partial charge on any atom is 0.132 e. The molecule has 4 heteroatoms. The molecule has 0 spiro atoms. The van der Waals surface area contributed by atoms with Gasteiger partial charge in [0.05, 0.1) is 5.56 Å². The molecule has 0 heterocycles. The van der Waals surface area contributed by atoms with Crippen molar-refractivity contribution < 1.29 is 17.9 Å². The van der Waals surface area contributed by atoms with Crippen LogP contribution in [0.1, 0.15) is 11.1 Å². The van der Waals surface area contributed by atoms with E-state index in [2.05, 4.69) is 0 Å². The van der Waals surface area contributed by atoms with Crippen molar-refractivity contribution in [2.45, 2.75) is 13.5 Å². The van der Waals surface area contributed by atoms with Gasteiger partial charge in [-0.1, -0.05) is 6.07 Å². The van der Waals surface area contributed by atoms with Crippen LogP contribution in [-0.4, -0.2) is 0 Å². The van der Waals surface area contributed by atoms with E-state index >= 15 is 0 Å². The van der Waals surface area contributed by atoms with Gasteiger partial charge in [0.1, 0.15) is 29.8 Å². The molecule has 0 saturated carbocycles. The Kier molecular flexibility index (Phi) is 3.55. The third-order valence-corrected chi connectivity index (χ3v) is 2.57. The minimum atomic E-state index is -0.658. The monoisotopic (exact) mass is 252 g/mol. The van der Waals surface area contributed by atoms with E-state index in [1.807, 2.05) is 0 Å². The highest BCUT2D eigenvalue weighted by atomic mass is 19.1. The Morgan fingerprint density at radius 1 is 1.00 bits per heavy atom. The molecule has 0 bridgehead atoms. The first kappa shape index (κ1) is 12.5. The molecule has 0 aromatic heterocycles. The van der Waals surface area contributed by atoms with Gasteiger partial charge in [-0.05, 0) is 42.8 Å². The van der Waals surface area contributed by atoms with Crippen LogP contribution in [0.5, 0.6) is 5.75 Å². The van der Waals surface area contributed by atoms with Crippen LogP contribution < -0.4 is 4.74 Å². The summed E-state index contributed by atoms with van der Waals surface area (Å²) in [5, 5.41) is 0. The Labute approximate surface area is 103 Å². The molecular formula is C14H11F3O. The van der Waals surface area contributed by atoms with Gasteiger partial charge in [-0.25, -0.2) is 13.2 Å². The fourth-order valence-corrected chi connectivity index (χ4v) is 1.59. The molecule has 18 heavy (non-hydrogen) atoms. The molecule has 2 aromatic rings. The van der Waals surface area contributed by atoms with Crippen molar-refractivity contribution in [2.24, 2.45) is 0 Å². The number of hydrogen-bond donors (Lipinski definition) is 0. The van der Waals surface area contributed by atoms with Crippen molar-refractivity contribution in [3.05, 3.63) is 65.0 Å². The Bertz CT molecular complexity index is 547. The van der Waals surface area contributed by atoms with Gasteiger partial charge >= 0.3 is 0 Å². The van der Waals surface area contributed by atoms with Crippen LogP contribution >= 0.6 is 0 Å². The van der Waals surface area contributed by atoms with E-state index < -0.39 is 11.6 Å². The molecule has 0 aliphatic rings. The molecule has 0 radical (unpaired) electrons. The van der Waals surface area contributed by atoms with Crippen LogP contribution in [0.4, 0.5) is 13.2 Å². The smallest absolute Gasteiger partial charge is 0.132 e. The second-order valence-electron chi connectivity index (χ2n) is 3.90. The number of aryl methyl sites for hydroxylation is 1. The summed E-state index contributed by atoms with van der Waals surface area (Å²) in [6.07, 6.45) is 0. The highest BCUT2D eigenvalue weighted by Gasteiger charge is 2.10. The molecule has 0 amide bonds. The fraction of sp³-hybridized carbons (Fsp3) is 0.143. The molecule has 94 valence electrons. The van der Waals surface area contributed by atoms with Gasteiger partial charge in [0.2, 0.25) is 0 Å². The summed E-state index contributed by atoms with van der Waals surface area (Å²) in [6, 6.07) is 7.59. The zero-order valence-electron chi connectivity index (χ0n) is 9.71. The van der Waals surface area contributed by atoms with Crippen molar-refractivity contribution in [2.75, 3.05) is 0 Å². The van der Waals surface area contributed by atoms with Gasteiger partial charge in [0.25, 0.3) is 0 Å². The van der Waals surface area contributed by atoms with Crippen LogP contribution in [0, 0.1) is 24.4 Å². The molecule has 2 aromatic carbocycles. The van der Waals surface area contributed by atoms with E-state index in [9.17, 15) is 13.2 Å². The van der Waals surface area contributed by atoms with Crippen molar-refractivity contribution in [3.8, 4) is 5.75 Å². The lowest BCUT2D eigenvalue weighted by molar-refractivity contribution is 0.290. The second kappa shape index (κ2) is 5.12. The van der Waals surface area contributed by atoms with Gasteiger partial charge in [-0.15, -0.1) is 0 Å². The highest BCUT2D eigenvalue weighted by Crippen LogP contribution is 2.21. The number of halogens is 3. The number of hydrogen-bond acceptors (Lipinski definition) is 1. The Morgan fingerprint density at radius 3 is 2.28 bits per heavy atom. The average molecular weight is 252 g/mol. The van der Waals surface area contributed by atoms with E-state index in [4.69, 9.17) is 4.74 Å². The third kappa shape index (κ3) is 2.64. The summed E-state index contributed by atoms with van der Waals surface area (Å²) in [5.41, 5.74) is 0.438. The molecule has 0 unspecified atom stereocenters. The molecule has 0 aliphatic carbocycles. The predicted molar refractivity (Wildman–Crippen MR) is 61.8 cm³/mol. The number of benzene rings is 2. The number of ether oxygens (including phenoxy) is 1. The van der Waals surface area contributed by atoms with Gasteiger partial charge in [-0.3, -0.25) is 0 Å². The van der Waals surface area contributed by atoms with Gasteiger partial charge in [-0.2, -0.15) is 0 Å². The maximum absolute atomic E-state index is 13.3. The Hall–Kier alpha value is -1.97. The van der Waals surface area contributed by atoms with E-state index in [0.29, 0.717) is 11.3 Å². The molecule has 0 saturated heterocycles. The standard InChI is InChI=1S/C14H11F3O/c1-9-7-10(15)5-6-14(9)18-8-11-12(16)3-2-4-13(11)17/h2-7H,8H2,1H3. The van der Waals surface area contributed by atoms with Gasteiger partial charge in [0, 0.05) is 0 Å². The molecule has 0 N–H and O–H groups in total. The molecule has 0 atom stereocenters. The van der Waals surface area contributed by atoms with Crippen LogP contribution in [0.2, 0.25) is 0 Å². The summed E-state index contributed by atoms with van der Waals surface area (Å²) < 4.78 is 44.8. The minimum absolute atomic E-state index is 0.138. The van der Waals surface area contributed by atoms with Crippen molar-refractivity contribution in [1.82, 2.24) is 0 Å². The summed E-state index contributed by atoms with van der Waals surface area (Å²) in [5.74, 6) is -1.29. The first-order valence-electron chi connectivity index (χ1n) is 5.40. The molecular weight excluding hydrogens is 241 g/mol. The third-order valence-electron chi connectivity index (χ3n) is 2.57. The van der Waals surface area contributed by atoms with E-state index in [1.165, 1.54) is 36.4 Å². The Morgan fingerprint density at radius 2 is 1.67 bits per heavy atom. The molecule has 0 aliphatic heterocycles. The first-order chi connectivity index (χ1) is 8.58. The second-order valence-corrected chi connectivity index (χ2v) is 3.90. The summed E-state index contributed by atoms with van der Waals surface area (Å²) >= 11 is 0. The largest absolute Gasteiger partial charge is 0.488 e. The minimum Gasteiger partial charge on any atom is -0.488 e. The van der Waals surface area contributed by atoms with E-state index in [0.717, 1.165) is 0 Å². The SMILES string of the molecule is Cc1cc(F)ccc1OCc1c(F)cccc1F. The lowest BCUT2D eigenvalue weighted by Crippen LogP contribution is -2.02. The summed E-state index contributed by atoms with van der Waals surface area (Å²) in [6.45, 7) is 1.43. The maximum atomic E-state index is 13.3. The predicted octanol–water partition coefficient (Wildman–Crippen LogP) is 3.99. The zero-order valence-corrected chi connectivity index (χ0v) is 9.71. The van der Waals surface area contributed by atoms with Crippen LogP contribution in [-0.2, 0) is 6.61 Å². The van der Waals surface area contributed by atoms with Crippen molar-refractivity contribution in [1.29, 1.82) is 0 Å². The lowest BCUT2D eigenvalue weighted by Gasteiger charge is -2.10. The summed E-state index contributed by atoms with van der Waals surface area (Å²) in [7, 11) is 0. The quantitative estimate of drug-likeness (QED) is 0.802. The Balaban J connectivity index is 2.16. The van der Waals surface area contributed by atoms with Gasteiger partial charge in [0.15, 0.2) is 0 Å². The lowest BCUT2D eigenvalue weighted by atomic mass is 10.2. The fourth-order valence-electron chi connectivity index (χ4n) is 1.59. The summed E-state index contributed by atoms with van der Waals surface area (Å²) in [4.78, 5) is 0. The van der Waals surface area contributed by atoms with Crippen molar-refractivity contribution >= 4 is 0 Å². The normalized spacial score (nSPS) is 10.4. The highest BCUT2D eigenvalue weighted by molar-refractivity contribution is 5.33. The molecule has 2 rings (SSSR count). The number of rotatable bonds is 3. The first-order valence-corrected chi connectivity index (χ1v) is 5.40. The van der Waals surface area contributed by atoms with Crippen LogP contribution in [0.25, 0.3) is 0 Å².